The third kappa shape index (κ3) is 1.52. The van der Waals surface area contributed by atoms with E-state index in [0.717, 1.165) is 30.7 Å². The van der Waals surface area contributed by atoms with E-state index >= 15 is 0 Å². The number of methoxy groups -OCH3 is 1. The molecular weight excluding hydrogens is 262 g/mol. The number of hydrogen-bond acceptors (Lipinski definition) is 1. The molecule has 2 aliphatic heterocycles. The van der Waals surface area contributed by atoms with Crippen molar-refractivity contribution in [3.63, 3.8) is 0 Å². The van der Waals surface area contributed by atoms with Crippen LogP contribution in [0.1, 0.15) is 18.3 Å². The van der Waals surface area contributed by atoms with Gasteiger partial charge in [0.2, 0.25) is 11.4 Å². The molecule has 4 heteroatoms. The van der Waals surface area contributed by atoms with Crippen LogP contribution in [0, 0.1) is 0 Å². The molecule has 21 heavy (non-hydrogen) atoms. The van der Waals surface area contributed by atoms with Crippen LogP contribution in [0.4, 0.5) is 0 Å². The molecule has 4 heterocycles. The molecule has 0 bridgehead atoms. The molecule has 0 amide bonds. The van der Waals surface area contributed by atoms with E-state index in [1.807, 2.05) is 0 Å². The third-order valence-corrected chi connectivity index (χ3v) is 5.35. The van der Waals surface area contributed by atoms with E-state index < -0.39 is 0 Å². The normalized spacial score (nSPS) is 29.0. The van der Waals surface area contributed by atoms with E-state index in [2.05, 4.69) is 64.8 Å². The predicted molar refractivity (Wildman–Crippen MR) is 76.7 cm³/mol. The van der Waals surface area contributed by atoms with Gasteiger partial charge in [-0.1, -0.05) is 9.13 Å². The van der Waals surface area contributed by atoms with Crippen molar-refractivity contribution in [3.8, 4) is 0 Å². The van der Waals surface area contributed by atoms with Crippen molar-refractivity contribution in [1.29, 1.82) is 0 Å². The molecule has 0 fully saturated rings. The van der Waals surface area contributed by atoms with Crippen molar-refractivity contribution in [1.82, 2.24) is 0 Å². The van der Waals surface area contributed by atoms with Crippen LogP contribution in [0.5, 0.6) is 0 Å². The Bertz CT molecular complexity index is 648. The fourth-order valence-electron chi connectivity index (χ4n) is 4.23. The highest BCUT2D eigenvalue weighted by atomic mass is 16.5. The van der Waals surface area contributed by atoms with Gasteiger partial charge in [0.1, 0.15) is 13.5 Å². The lowest BCUT2D eigenvalue weighted by molar-refractivity contribution is -1.20. The highest BCUT2D eigenvalue weighted by molar-refractivity contribution is 5.02. The van der Waals surface area contributed by atoms with Crippen LogP contribution < -0.4 is 9.13 Å². The number of pyridine rings is 2. The van der Waals surface area contributed by atoms with Gasteiger partial charge in [-0.15, -0.1) is 0 Å². The smallest absolute Gasteiger partial charge is 0.379 e. The van der Waals surface area contributed by atoms with Crippen LogP contribution in [0.25, 0.3) is 0 Å². The zero-order valence-electron chi connectivity index (χ0n) is 12.7. The lowest BCUT2D eigenvalue weighted by Gasteiger charge is -2.30. The van der Waals surface area contributed by atoms with E-state index in [1.54, 1.807) is 7.11 Å². The van der Waals surface area contributed by atoms with E-state index in [0.29, 0.717) is 0 Å². The average Bonchev–Trinajstić information content (AvgIpc) is 2.90. The molecule has 4 rings (SSSR count). The van der Waals surface area contributed by atoms with E-state index in [-0.39, 0.29) is 5.79 Å². The number of ether oxygens (including phenoxy) is 1. The quantitative estimate of drug-likeness (QED) is 0.605. The minimum absolute atomic E-state index is 0.0916. The molecule has 2 aromatic heterocycles. The van der Waals surface area contributed by atoms with Gasteiger partial charge in [0.15, 0.2) is 25.5 Å². The second kappa shape index (κ2) is 4.36. The summed E-state index contributed by atoms with van der Waals surface area (Å²) >= 11 is 0. The fourth-order valence-corrected chi connectivity index (χ4v) is 4.23. The zero-order valence-corrected chi connectivity index (χ0v) is 12.7. The molecule has 4 nitrogen and oxygen atoms in total. The van der Waals surface area contributed by atoms with Gasteiger partial charge in [0.25, 0.3) is 0 Å². The summed E-state index contributed by atoms with van der Waals surface area (Å²) in [5, 5.41) is 0. The number of nitrogens with zero attached hydrogens (tertiary/aromatic N) is 3. The molecule has 0 aliphatic carbocycles. The summed E-state index contributed by atoms with van der Waals surface area (Å²) < 4.78 is 11.3. The van der Waals surface area contributed by atoms with Crippen molar-refractivity contribution in [2.24, 2.45) is 0 Å². The second-order valence-electron chi connectivity index (χ2n) is 6.27. The minimum atomic E-state index is -0.0916. The van der Waals surface area contributed by atoms with E-state index in [9.17, 15) is 0 Å². The Morgan fingerprint density at radius 3 is 2.14 bits per heavy atom. The van der Waals surface area contributed by atoms with Crippen molar-refractivity contribution >= 4 is 0 Å². The monoisotopic (exact) mass is 284 g/mol. The lowest BCUT2D eigenvalue weighted by Crippen LogP contribution is -2.77. The summed E-state index contributed by atoms with van der Waals surface area (Å²) in [6, 6.07) is 13.0. The number of hydrogen-bond donors (Lipinski definition) is 0. The third-order valence-electron chi connectivity index (χ3n) is 5.35. The molecule has 0 saturated heterocycles. The van der Waals surface area contributed by atoms with Gasteiger partial charge >= 0.3 is 5.79 Å². The molecule has 0 spiro atoms. The standard InChI is InChI=1S/C17H22N3O/c1-17-18-9-5-3-7-15(18)13-20(17,11-12-21-2)14-16-8-4-6-10-19(16)17/h3-10H,11-14H2,1-2H3/q+3. The Hall–Kier alpha value is -1.78. The summed E-state index contributed by atoms with van der Waals surface area (Å²) in [5.74, 6) is -0.0916. The first kappa shape index (κ1) is 12.9. The fraction of sp³-hybridized carbons (Fsp3) is 0.412. The van der Waals surface area contributed by atoms with Crippen LogP contribution >= 0.6 is 0 Å². The number of fused-ring (bicyclic) bond motifs is 5. The van der Waals surface area contributed by atoms with Crippen molar-refractivity contribution in [2.75, 3.05) is 20.3 Å². The number of rotatable bonds is 3. The van der Waals surface area contributed by atoms with Crippen molar-refractivity contribution < 1.29 is 18.4 Å². The van der Waals surface area contributed by atoms with E-state index in [4.69, 9.17) is 4.74 Å². The highest BCUT2D eigenvalue weighted by Crippen LogP contribution is 2.37. The molecule has 0 atom stereocenters. The maximum Gasteiger partial charge on any atom is 0.489 e. The zero-order chi connectivity index (χ0) is 14.5. The van der Waals surface area contributed by atoms with Crippen molar-refractivity contribution in [3.05, 3.63) is 60.2 Å². The van der Waals surface area contributed by atoms with Crippen LogP contribution in [0.3, 0.4) is 0 Å². The minimum Gasteiger partial charge on any atom is -0.379 e. The first-order chi connectivity index (χ1) is 10.2. The van der Waals surface area contributed by atoms with Crippen molar-refractivity contribution in [2.45, 2.75) is 25.8 Å². The summed E-state index contributed by atoms with van der Waals surface area (Å²) in [5.41, 5.74) is 2.80. The Kier molecular flexibility index (Phi) is 2.68. The molecule has 0 N–H and O–H groups in total. The first-order valence-corrected chi connectivity index (χ1v) is 7.56. The molecule has 0 saturated carbocycles. The summed E-state index contributed by atoms with van der Waals surface area (Å²) in [7, 11) is 1.79. The molecule has 2 aliphatic rings. The van der Waals surface area contributed by atoms with Gasteiger partial charge < -0.3 is 4.74 Å². The lowest BCUT2D eigenvalue weighted by atomic mass is 10.2. The van der Waals surface area contributed by atoms with Gasteiger partial charge in [0, 0.05) is 31.4 Å². The topological polar surface area (TPSA) is 17.0 Å². The highest BCUT2D eigenvalue weighted by Gasteiger charge is 2.74. The predicted octanol–water partition coefficient (Wildman–Crippen LogP) is 0.930. The largest absolute Gasteiger partial charge is 0.489 e. The summed E-state index contributed by atoms with van der Waals surface area (Å²) in [6.07, 6.45) is 4.44. The summed E-state index contributed by atoms with van der Waals surface area (Å²) in [6.45, 7) is 6.29. The number of aromatic nitrogens is 2. The average molecular weight is 284 g/mol. The van der Waals surface area contributed by atoms with Gasteiger partial charge in [-0.3, -0.25) is 0 Å². The van der Waals surface area contributed by atoms with Gasteiger partial charge in [-0.05, 0) is 12.1 Å². The molecule has 0 aromatic carbocycles. The van der Waals surface area contributed by atoms with Gasteiger partial charge in [-0.25, -0.2) is 0 Å². The van der Waals surface area contributed by atoms with Crippen LogP contribution in [0.2, 0.25) is 0 Å². The SMILES string of the molecule is COCC[N+]12Cc3cccc[n+]3C1(C)[n+]1ccccc1C2. The Balaban J connectivity index is 1.94. The molecule has 2 aromatic rings. The Morgan fingerprint density at radius 2 is 1.62 bits per heavy atom. The second-order valence-corrected chi connectivity index (χ2v) is 6.27. The molecule has 0 unspecified atom stereocenters. The van der Waals surface area contributed by atoms with Crippen LogP contribution in [-0.4, -0.2) is 24.7 Å². The van der Waals surface area contributed by atoms with Gasteiger partial charge in [0.05, 0.1) is 6.61 Å². The Morgan fingerprint density at radius 1 is 1.05 bits per heavy atom. The maximum absolute atomic E-state index is 5.42. The van der Waals surface area contributed by atoms with Crippen LogP contribution in [-0.2, 0) is 23.6 Å². The molecule has 0 radical (unpaired) electrons. The molecule has 108 valence electrons. The summed E-state index contributed by atoms with van der Waals surface area (Å²) in [4.78, 5) is 0. The molecular formula is C17H22N3O+3. The Labute approximate surface area is 125 Å². The first-order valence-electron chi connectivity index (χ1n) is 7.56. The number of quaternary nitrogens is 1. The van der Waals surface area contributed by atoms with Gasteiger partial charge in [-0.2, -0.15) is 4.48 Å². The van der Waals surface area contributed by atoms with Crippen LogP contribution in [0.15, 0.2) is 48.8 Å². The van der Waals surface area contributed by atoms with E-state index in [1.165, 1.54) is 11.4 Å². The maximum atomic E-state index is 5.42.